The van der Waals surface area contributed by atoms with Crippen molar-refractivity contribution in [3.63, 3.8) is 0 Å². The summed E-state index contributed by atoms with van der Waals surface area (Å²) < 4.78 is 4.98. The minimum Gasteiger partial charge on any atom is -0.504 e. The van der Waals surface area contributed by atoms with Crippen LogP contribution < -0.4 is 4.74 Å². The molecule has 0 bridgehead atoms. The zero-order valence-electron chi connectivity index (χ0n) is 11.7. The van der Waals surface area contributed by atoms with Crippen LogP contribution in [0.5, 0.6) is 11.5 Å². The number of piperazine rings is 1. The molecule has 1 heterocycles. The van der Waals surface area contributed by atoms with Crippen LogP contribution in [0, 0.1) is 0 Å². The molecule has 1 aliphatic heterocycles. The third kappa shape index (κ3) is 3.02. The lowest BCUT2D eigenvalue weighted by atomic mass is 10.0. The van der Waals surface area contributed by atoms with E-state index < -0.39 is 12.0 Å². The van der Waals surface area contributed by atoms with Crippen molar-refractivity contribution in [2.45, 2.75) is 6.04 Å². The van der Waals surface area contributed by atoms with Crippen molar-refractivity contribution in [3.05, 3.63) is 23.8 Å². The second kappa shape index (κ2) is 6.11. The maximum absolute atomic E-state index is 11.6. The number of methoxy groups -OCH3 is 1. The quantitative estimate of drug-likeness (QED) is 0.849. The van der Waals surface area contributed by atoms with E-state index in [9.17, 15) is 15.0 Å². The number of nitrogens with zero attached hydrogens (tertiary/aromatic N) is 2. The first-order chi connectivity index (χ1) is 9.52. The van der Waals surface area contributed by atoms with Crippen LogP contribution in [0.3, 0.4) is 0 Å². The zero-order chi connectivity index (χ0) is 14.7. The van der Waals surface area contributed by atoms with Gasteiger partial charge in [-0.15, -0.1) is 0 Å². The third-order valence-corrected chi connectivity index (χ3v) is 3.66. The van der Waals surface area contributed by atoms with Gasteiger partial charge in [0.2, 0.25) is 0 Å². The second-order valence-electron chi connectivity index (χ2n) is 5.01. The smallest absolute Gasteiger partial charge is 0.325 e. The van der Waals surface area contributed by atoms with Gasteiger partial charge in [0.1, 0.15) is 6.04 Å². The van der Waals surface area contributed by atoms with Gasteiger partial charge in [-0.25, -0.2) is 0 Å². The van der Waals surface area contributed by atoms with E-state index in [0.717, 1.165) is 13.1 Å². The van der Waals surface area contributed by atoms with Gasteiger partial charge in [-0.2, -0.15) is 0 Å². The molecule has 110 valence electrons. The van der Waals surface area contributed by atoms with Gasteiger partial charge in [0, 0.05) is 26.2 Å². The van der Waals surface area contributed by atoms with Crippen molar-refractivity contribution in [2.24, 2.45) is 0 Å². The number of carbonyl (C=O) groups is 1. The van der Waals surface area contributed by atoms with E-state index in [1.807, 2.05) is 11.9 Å². The molecule has 1 fully saturated rings. The highest BCUT2D eigenvalue weighted by molar-refractivity contribution is 5.76. The highest BCUT2D eigenvalue weighted by atomic mass is 16.5. The molecule has 20 heavy (non-hydrogen) atoms. The standard InChI is InChI=1S/C14H20N2O4/c1-15-5-7-16(8-6-15)13(14(18)19)10-3-4-12(20-2)11(17)9-10/h3-4,9,13,17H,5-8H2,1-2H3,(H,18,19). The average molecular weight is 280 g/mol. The maximum Gasteiger partial charge on any atom is 0.325 e. The number of phenolic OH excluding ortho intramolecular Hbond substituents is 1. The van der Waals surface area contributed by atoms with Crippen molar-refractivity contribution >= 4 is 5.97 Å². The molecule has 1 unspecified atom stereocenters. The molecule has 0 aromatic heterocycles. The SMILES string of the molecule is COc1ccc(C(C(=O)O)N2CCN(C)CC2)cc1O. The number of aliphatic carboxylic acids is 1. The Hall–Kier alpha value is -1.79. The number of hydrogen-bond donors (Lipinski definition) is 2. The summed E-state index contributed by atoms with van der Waals surface area (Å²) in [4.78, 5) is 15.7. The highest BCUT2D eigenvalue weighted by Gasteiger charge is 2.30. The van der Waals surface area contributed by atoms with Gasteiger partial charge in [0.05, 0.1) is 7.11 Å². The molecule has 6 heteroatoms. The summed E-state index contributed by atoms with van der Waals surface area (Å²) in [5.41, 5.74) is 0.570. The number of aromatic hydroxyl groups is 1. The third-order valence-electron chi connectivity index (χ3n) is 3.66. The summed E-state index contributed by atoms with van der Waals surface area (Å²) >= 11 is 0. The highest BCUT2D eigenvalue weighted by Crippen LogP contribution is 2.31. The Kier molecular flexibility index (Phi) is 4.46. The lowest BCUT2D eigenvalue weighted by Gasteiger charge is -2.36. The number of hydrogen-bond acceptors (Lipinski definition) is 5. The molecule has 0 radical (unpaired) electrons. The summed E-state index contributed by atoms with van der Waals surface area (Å²) in [5, 5.41) is 19.3. The molecule has 0 spiro atoms. The Balaban J connectivity index is 2.24. The lowest BCUT2D eigenvalue weighted by Crippen LogP contribution is -2.47. The van der Waals surface area contributed by atoms with Crippen molar-refractivity contribution in [1.29, 1.82) is 0 Å². The fourth-order valence-electron chi connectivity index (χ4n) is 2.47. The van der Waals surface area contributed by atoms with Crippen LogP contribution in [-0.2, 0) is 4.79 Å². The van der Waals surface area contributed by atoms with Gasteiger partial charge in [-0.05, 0) is 24.7 Å². The molecule has 0 aliphatic carbocycles. The Morgan fingerprint density at radius 2 is 1.95 bits per heavy atom. The van der Waals surface area contributed by atoms with Gasteiger partial charge < -0.3 is 19.8 Å². The molecule has 1 aromatic rings. The molecule has 2 N–H and O–H groups in total. The van der Waals surface area contributed by atoms with Crippen molar-refractivity contribution in [3.8, 4) is 11.5 Å². The van der Waals surface area contributed by atoms with Crippen LogP contribution in [0.2, 0.25) is 0 Å². The maximum atomic E-state index is 11.6. The van der Waals surface area contributed by atoms with Crippen molar-refractivity contribution in [2.75, 3.05) is 40.3 Å². The Morgan fingerprint density at radius 3 is 2.45 bits per heavy atom. The van der Waals surface area contributed by atoms with E-state index in [1.165, 1.54) is 13.2 Å². The minimum absolute atomic E-state index is 0.0367. The number of phenols is 1. The van der Waals surface area contributed by atoms with Gasteiger partial charge in [-0.1, -0.05) is 6.07 Å². The summed E-state index contributed by atoms with van der Waals surface area (Å²) in [6.45, 7) is 3.07. The second-order valence-corrected chi connectivity index (χ2v) is 5.01. The predicted octanol–water partition coefficient (Wildman–Crippen LogP) is 0.774. The van der Waals surface area contributed by atoms with Crippen LogP contribution >= 0.6 is 0 Å². The number of likely N-dealkylation sites (N-methyl/N-ethyl adjacent to an activating group) is 1. The van der Waals surface area contributed by atoms with E-state index in [-0.39, 0.29) is 5.75 Å². The first-order valence-corrected chi connectivity index (χ1v) is 6.55. The Bertz CT molecular complexity index is 484. The number of rotatable bonds is 4. The van der Waals surface area contributed by atoms with Crippen LogP contribution in [0.15, 0.2) is 18.2 Å². The molecule has 1 aromatic carbocycles. The van der Waals surface area contributed by atoms with E-state index in [1.54, 1.807) is 12.1 Å². The monoisotopic (exact) mass is 280 g/mol. The lowest BCUT2D eigenvalue weighted by molar-refractivity contribution is -0.144. The summed E-state index contributed by atoms with van der Waals surface area (Å²) in [6.07, 6.45) is 0. The average Bonchev–Trinajstić information content (AvgIpc) is 2.41. The first-order valence-electron chi connectivity index (χ1n) is 6.55. The summed E-state index contributed by atoms with van der Waals surface area (Å²) in [7, 11) is 3.48. The number of carboxylic acid groups (broad SMARTS) is 1. The molecule has 1 saturated heterocycles. The largest absolute Gasteiger partial charge is 0.504 e. The summed E-state index contributed by atoms with van der Waals surface area (Å²) in [5.74, 6) is -0.597. The van der Waals surface area contributed by atoms with Crippen LogP contribution in [0.4, 0.5) is 0 Å². The van der Waals surface area contributed by atoms with Crippen molar-refractivity contribution in [1.82, 2.24) is 9.80 Å². The van der Waals surface area contributed by atoms with Crippen molar-refractivity contribution < 1.29 is 19.7 Å². The van der Waals surface area contributed by atoms with Gasteiger partial charge in [-0.3, -0.25) is 9.69 Å². The molecule has 2 rings (SSSR count). The fourth-order valence-corrected chi connectivity index (χ4v) is 2.47. The normalized spacial score (nSPS) is 18.7. The predicted molar refractivity (Wildman–Crippen MR) is 74.1 cm³/mol. The molecule has 1 atom stereocenters. The number of ether oxygens (including phenoxy) is 1. The van der Waals surface area contributed by atoms with E-state index in [4.69, 9.17) is 4.74 Å². The van der Waals surface area contributed by atoms with Crippen LogP contribution in [0.1, 0.15) is 11.6 Å². The topological polar surface area (TPSA) is 73.2 Å². The van der Waals surface area contributed by atoms with Crippen LogP contribution in [0.25, 0.3) is 0 Å². The molecule has 1 aliphatic rings. The molecular weight excluding hydrogens is 260 g/mol. The Labute approximate surface area is 118 Å². The first kappa shape index (κ1) is 14.6. The molecular formula is C14H20N2O4. The van der Waals surface area contributed by atoms with Gasteiger partial charge >= 0.3 is 5.97 Å². The van der Waals surface area contributed by atoms with Gasteiger partial charge in [0.25, 0.3) is 0 Å². The fraction of sp³-hybridized carbons (Fsp3) is 0.500. The van der Waals surface area contributed by atoms with Gasteiger partial charge in [0.15, 0.2) is 11.5 Å². The Morgan fingerprint density at radius 1 is 1.30 bits per heavy atom. The number of carboxylic acids is 1. The molecule has 0 saturated carbocycles. The zero-order valence-corrected chi connectivity index (χ0v) is 11.7. The molecule has 0 amide bonds. The minimum atomic E-state index is -0.904. The molecule has 6 nitrogen and oxygen atoms in total. The van der Waals surface area contributed by atoms with E-state index >= 15 is 0 Å². The van der Waals surface area contributed by atoms with E-state index in [0.29, 0.717) is 24.4 Å². The van der Waals surface area contributed by atoms with E-state index in [2.05, 4.69) is 4.90 Å². The number of benzene rings is 1. The van der Waals surface area contributed by atoms with Crippen LogP contribution in [-0.4, -0.2) is 66.3 Å². The summed E-state index contributed by atoms with van der Waals surface area (Å²) in [6, 6.07) is 4.02.